The van der Waals surface area contributed by atoms with Crippen LogP contribution < -0.4 is 0 Å². The van der Waals surface area contributed by atoms with Gasteiger partial charge in [-0.15, -0.1) is 0 Å². The van der Waals surface area contributed by atoms with Gasteiger partial charge in [0.15, 0.2) is 11.6 Å². The van der Waals surface area contributed by atoms with E-state index in [4.69, 9.17) is 11.6 Å². The van der Waals surface area contributed by atoms with Gasteiger partial charge < -0.3 is 0 Å². The SMILES string of the molecule is O=C(c1ccc(Cl)c(F)c1)c1c(F)ccc(Br)c1F. The van der Waals surface area contributed by atoms with Crippen molar-refractivity contribution in [3.63, 3.8) is 0 Å². The average Bonchev–Trinajstić information content (AvgIpc) is 2.37. The predicted molar refractivity (Wildman–Crippen MR) is 68.9 cm³/mol. The van der Waals surface area contributed by atoms with Gasteiger partial charge in [-0.3, -0.25) is 4.79 Å². The second-order valence-corrected chi connectivity index (χ2v) is 4.94. The summed E-state index contributed by atoms with van der Waals surface area (Å²) in [4.78, 5) is 12.0. The third kappa shape index (κ3) is 2.67. The van der Waals surface area contributed by atoms with Crippen molar-refractivity contribution in [2.24, 2.45) is 0 Å². The van der Waals surface area contributed by atoms with E-state index < -0.39 is 28.8 Å². The molecule has 0 saturated heterocycles. The highest BCUT2D eigenvalue weighted by Gasteiger charge is 2.21. The maximum absolute atomic E-state index is 13.8. The Morgan fingerprint density at radius 3 is 2.37 bits per heavy atom. The first-order valence-electron chi connectivity index (χ1n) is 5.05. The van der Waals surface area contributed by atoms with Gasteiger partial charge in [0.1, 0.15) is 11.6 Å². The summed E-state index contributed by atoms with van der Waals surface area (Å²) >= 11 is 8.34. The van der Waals surface area contributed by atoms with E-state index in [1.54, 1.807) is 0 Å². The van der Waals surface area contributed by atoms with Crippen molar-refractivity contribution in [1.82, 2.24) is 0 Å². The summed E-state index contributed by atoms with van der Waals surface area (Å²) in [5.41, 5.74) is -0.922. The molecule has 2 aromatic rings. The Morgan fingerprint density at radius 1 is 1.05 bits per heavy atom. The number of benzene rings is 2. The Hall–Kier alpha value is -1.33. The molecule has 98 valence electrons. The molecule has 1 nitrogen and oxygen atoms in total. The van der Waals surface area contributed by atoms with Crippen molar-refractivity contribution >= 4 is 33.3 Å². The molecule has 2 rings (SSSR count). The van der Waals surface area contributed by atoms with Gasteiger partial charge in [0.25, 0.3) is 0 Å². The molecule has 0 aliphatic rings. The zero-order valence-electron chi connectivity index (χ0n) is 9.18. The van der Waals surface area contributed by atoms with E-state index in [-0.39, 0.29) is 15.1 Å². The highest BCUT2D eigenvalue weighted by atomic mass is 79.9. The van der Waals surface area contributed by atoms with E-state index in [0.29, 0.717) is 0 Å². The third-order valence-electron chi connectivity index (χ3n) is 2.45. The van der Waals surface area contributed by atoms with E-state index in [2.05, 4.69) is 15.9 Å². The van der Waals surface area contributed by atoms with Crippen molar-refractivity contribution in [3.05, 3.63) is 68.4 Å². The van der Waals surface area contributed by atoms with Gasteiger partial charge in [0.2, 0.25) is 0 Å². The van der Waals surface area contributed by atoms with Gasteiger partial charge in [0.05, 0.1) is 15.1 Å². The zero-order valence-corrected chi connectivity index (χ0v) is 11.5. The van der Waals surface area contributed by atoms with Crippen molar-refractivity contribution in [2.75, 3.05) is 0 Å². The minimum absolute atomic E-state index is 0.0494. The van der Waals surface area contributed by atoms with Crippen molar-refractivity contribution in [2.45, 2.75) is 0 Å². The number of hydrogen-bond acceptors (Lipinski definition) is 1. The minimum Gasteiger partial charge on any atom is -0.288 e. The monoisotopic (exact) mass is 348 g/mol. The Kier molecular flexibility index (Phi) is 3.96. The third-order valence-corrected chi connectivity index (χ3v) is 3.37. The number of carbonyl (C=O) groups excluding carboxylic acids is 1. The largest absolute Gasteiger partial charge is 0.288 e. The molecule has 6 heteroatoms. The Bertz CT molecular complexity index is 673. The van der Waals surface area contributed by atoms with Crippen molar-refractivity contribution in [1.29, 1.82) is 0 Å². The standard InChI is InChI=1S/C13H5BrClF3O/c14-7-2-4-9(16)11(12(7)18)13(19)6-1-3-8(15)10(17)5-6/h1-5H. The van der Waals surface area contributed by atoms with Crippen LogP contribution in [0.4, 0.5) is 13.2 Å². The molecule has 0 aromatic heterocycles. The number of halogens is 5. The molecule has 0 saturated carbocycles. The highest BCUT2D eigenvalue weighted by Crippen LogP contribution is 2.25. The summed E-state index contributed by atoms with van der Waals surface area (Å²) < 4.78 is 40.5. The molecule has 0 amide bonds. The van der Waals surface area contributed by atoms with Crippen LogP contribution in [-0.4, -0.2) is 5.78 Å². The fraction of sp³-hybridized carbons (Fsp3) is 0. The molecular weight excluding hydrogens is 344 g/mol. The topological polar surface area (TPSA) is 17.1 Å². The summed E-state index contributed by atoms with van der Waals surface area (Å²) in [6.07, 6.45) is 0. The lowest BCUT2D eigenvalue weighted by atomic mass is 10.0. The van der Waals surface area contributed by atoms with Crippen LogP contribution in [0.25, 0.3) is 0 Å². The first kappa shape index (κ1) is 14.1. The first-order valence-corrected chi connectivity index (χ1v) is 6.22. The fourth-order valence-corrected chi connectivity index (χ4v) is 1.96. The van der Waals surface area contributed by atoms with Gasteiger partial charge in [-0.25, -0.2) is 13.2 Å². The molecule has 0 aliphatic heterocycles. The van der Waals surface area contributed by atoms with E-state index in [1.165, 1.54) is 6.07 Å². The average molecular weight is 350 g/mol. The van der Waals surface area contributed by atoms with Crippen LogP contribution in [0.1, 0.15) is 15.9 Å². The maximum atomic E-state index is 13.8. The Morgan fingerprint density at radius 2 is 1.74 bits per heavy atom. The molecule has 0 heterocycles. The normalized spacial score (nSPS) is 10.6. The Balaban J connectivity index is 2.56. The van der Waals surface area contributed by atoms with Crippen LogP contribution in [0.2, 0.25) is 5.02 Å². The van der Waals surface area contributed by atoms with Gasteiger partial charge in [0, 0.05) is 5.56 Å². The van der Waals surface area contributed by atoms with Crippen molar-refractivity contribution in [3.8, 4) is 0 Å². The predicted octanol–water partition coefficient (Wildman–Crippen LogP) is 4.75. The lowest BCUT2D eigenvalue weighted by Crippen LogP contribution is -2.08. The quantitative estimate of drug-likeness (QED) is 0.565. The molecule has 2 aromatic carbocycles. The molecule has 0 radical (unpaired) electrons. The minimum atomic E-state index is -1.03. The zero-order chi connectivity index (χ0) is 14.2. The summed E-state index contributed by atoms with van der Waals surface area (Å²) in [5, 5.41) is -0.174. The second-order valence-electron chi connectivity index (χ2n) is 3.68. The molecule has 0 bridgehead atoms. The molecule has 0 fully saturated rings. The van der Waals surface area contributed by atoms with Gasteiger partial charge in [-0.05, 0) is 46.3 Å². The molecule has 0 atom stereocenters. The van der Waals surface area contributed by atoms with Gasteiger partial charge in [-0.2, -0.15) is 0 Å². The lowest BCUT2D eigenvalue weighted by Gasteiger charge is -2.06. The second kappa shape index (κ2) is 5.35. The summed E-state index contributed by atoms with van der Waals surface area (Å²) in [6.45, 7) is 0. The van der Waals surface area contributed by atoms with Crippen LogP contribution in [-0.2, 0) is 0 Å². The number of ketones is 1. The van der Waals surface area contributed by atoms with E-state index in [1.807, 2.05) is 0 Å². The van der Waals surface area contributed by atoms with Crippen LogP contribution in [0, 0.1) is 17.5 Å². The highest BCUT2D eigenvalue weighted by molar-refractivity contribution is 9.10. The van der Waals surface area contributed by atoms with Crippen LogP contribution in [0.15, 0.2) is 34.8 Å². The molecular formula is C13H5BrClF3O. The molecule has 0 unspecified atom stereocenters. The van der Waals surface area contributed by atoms with E-state index in [9.17, 15) is 18.0 Å². The summed E-state index contributed by atoms with van der Waals surface area (Å²) in [7, 11) is 0. The van der Waals surface area contributed by atoms with Crippen LogP contribution >= 0.6 is 27.5 Å². The molecule has 0 aliphatic carbocycles. The number of rotatable bonds is 2. The number of carbonyl (C=O) groups is 1. The lowest BCUT2D eigenvalue weighted by molar-refractivity contribution is 0.103. The Labute approximate surface area is 120 Å². The van der Waals surface area contributed by atoms with E-state index >= 15 is 0 Å². The molecule has 0 spiro atoms. The van der Waals surface area contributed by atoms with Gasteiger partial charge in [-0.1, -0.05) is 11.6 Å². The molecule has 19 heavy (non-hydrogen) atoms. The first-order chi connectivity index (χ1) is 8.91. The summed E-state index contributed by atoms with van der Waals surface area (Å²) in [6, 6.07) is 5.28. The van der Waals surface area contributed by atoms with Crippen LogP contribution in [0.5, 0.6) is 0 Å². The molecule has 0 N–H and O–H groups in total. The maximum Gasteiger partial charge on any atom is 0.199 e. The smallest absolute Gasteiger partial charge is 0.199 e. The number of hydrogen-bond donors (Lipinski definition) is 0. The van der Waals surface area contributed by atoms with Gasteiger partial charge >= 0.3 is 0 Å². The van der Waals surface area contributed by atoms with Crippen LogP contribution in [0.3, 0.4) is 0 Å². The summed E-state index contributed by atoms with van der Waals surface area (Å²) in [5.74, 6) is -3.82. The van der Waals surface area contributed by atoms with Crippen molar-refractivity contribution < 1.29 is 18.0 Å². The van der Waals surface area contributed by atoms with E-state index in [0.717, 1.165) is 24.3 Å². The fourth-order valence-electron chi connectivity index (χ4n) is 1.52.